The number of aromatic nitrogens is 3. The fourth-order valence-corrected chi connectivity index (χ4v) is 2.60. The number of fused-ring (bicyclic) bond motifs is 1. The van der Waals surface area contributed by atoms with Crippen molar-refractivity contribution in [2.24, 2.45) is 0 Å². The molecule has 0 fully saturated rings. The summed E-state index contributed by atoms with van der Waals surface area (Å²) in [6.45, 7) is 4.62. The van der Waals surface area contributed by atoms with Gasteiger partial charge in [-0.05, 0) is 43.2 Å². The molecule has 5 heteroatoms. The van der Waals surface area contributed by atoms with E-state index in [2.05, 4.69) is 28.5 Å². The Morgan fingerprint density at radius 1 is 1.21 bits per heavy atom. The lowest BCUT2D eigenvalue weighted by atomic mass is 10.1. The van der Waals surface area contributed by atoms with E-state index in [1.807, 2.05) is 53.9 Å². The summed E-state index contributed by atoms with van der Waals surface area (Å²) in [5.74, 6) is 0.730. The number of hydrogen-bond acceptors (Lipinski definition) is 3. The highest BCUT2D eigenvalue weighted by Crippen LogP contribution is 2.11. The van der Waals surface area contributed by atoms with Gasteiger partial charge < -0.3 is 5.32 Å². The molecule has 0 spiro atoms. The van der Waals surface area contributed by atoms with E-state index in [9.17, 15) is 4.79 Å². The predicted molar refractivity (Wildman–Crippen MR) is 94.7 cm³/mol. The van der Waals surface area contributed by atoms with Gasteiger partial charge in [0.05, 0.1) is 0 Å². The highest BCUT2D eigenvalue weighted by molar-refractivity contribution is 5.91. The maximum absolute atomic E-state index is 11.9. The number of carbonyl (C=O) groups excluding carboxylic acids is 1. The van der Waals surface area contributed by atoms with Gasteiger partial charge in [0.2, 0.25) is 5.91 Å². The normalized spacial score (nSPS) is 11.2. The first-order valence-corrected chi connectivity index (χ1v) is 7.95. The van der Waals surface area contributed by atoms with Gasteiger partial charge in [-0.15, -0.1) is 10.2 Å². The Morgan fingerprint density at radius 3 is 2.92 bits per heavy atom. The number of carbonyl (C=O) groups is 1. The molecular weight excluding hydrogens is 300 g/mol. The molecule has 0 bridgehead atoms. The van der Waals surface area contributed by atoms with Crippen LogP contribution in [0.3, 0.4) is 0 Å². The van der Waals surface area contributed by atoms with E-state index in [-0.39, 0.29) is 5.91 Å². The molecule has 0 atom stereocenters. The molecule has 5 nitrogen and oxygen atoms in total. The third-order valence-electron chi connectivity index (χ3n) is 3.87. The summed E-state index contributed by atoms with van der Waals surface area (Å²) in [5, 5.41) is 11.1. The van der Waals surface area contributed by atoms with Gasteiger partial charge in [-0.1, -0.05) is 29.8 Å². The first kappa shape index (κ1) is 15.9. The minimum absolute atomic E-state index is 0.108. The van der Waals surface area contributed by atoms with Crippen LogP contribution < -0.4 is 5.32 Å². The van der Waals surface area contributed by atoms with Crippen molar-refractivity contribution in [3.05, 3.63) is 71.2 Å². The summed E-state index contributed by atoms with van der Waals surface area (Å²) in [6, 6.07) is 11.9. The zero-order valence-corrected chi connectivity index (χ0v) is 13.9. The molecule has 1 N–H and O–H groups in total. The topological polar surface area (TPSA) is 59.3 Å². The van der Waals surface area contributed by atoms with Crippen LogP contribution in [0.4, 0.5) is 0 Å². The Kier molecular flexibility index (Phi) is 4.70. The van der Waals surface area contributed by atoms with Gasteiger partial charge in [0, 0.05) is 25.2 Å². The lowest BCUT2D eigenvalue weighted by Gasteiger charge is -2.03. The fourth-order valence-electron chi connectivity index (χ4n) is 2.60. The zero-order valence-electron chi connectivity index (χ0n) is 13.9. The van der Waals surface area contributed by atoms with E-state index in [1.54, 1.807) is 6.08 Å². The Labute approximate surface area is 141 Å². The van der Waals surface area contributed by atoms with Gasteiger partial charge in [0.1, 0.15) is 5.82 Å². The molecule has 0 radical (unpaired) electrons. The van der Waals surface area contributed by atoms with E-state index in [0.717, 1.165) is 22.6 Å². The van der Waals surface area contributed by atoms with E-state index < -0.39 is 0 Å². The molecule has 3 rings (SSSR count). The standard InChI is InChI=1S/C19H20N4O/c1-14-6-7-16(15(2)13-14)8-9-19(24)20-11-10-18-22-21-17-5-3-4-12-23(17)18/h3-9,12-13H,10-11H2,1-2H3,(H,20,24)/b9-8-. The van der Waals surface area contributed by atoms with Crippen LogP contribution in [0.5, 0.6) is 0 Å². The van der Waals surface area contributed by atoms with Crippen molar-refractivity contribution >= 4 is 17.6 Å². The molecule has 0 saturated heterocycles. The van der Waals surface area contributed by atoms with Gasteiger partial charge in [0.25, 0.3) is 0 Å². The summed E-state index contributed by atoms with van der Waals surface area (Å²) in [6.07, 6.45) is 5.97. The monoisotopic (exact) mass is 320 g/mol. The highest BCUT2D eigenvalue weighted by atomic mass is 16.1. The Bertz CT molecular complexity index is 895. The van der Waals surface area contributed by atoms with E-state index in [0.29, 0.717) is 13.0 Å². The van der Waals surface area contributed by atoms with Crippen LogP contribution in [0.15, 0.2) is 48.7 Å². The van der Waals surface area contributed by atoms with Crippen molar-refractivity contribution < 1.29 is 4.79 Å². The number of nitrogens with zero attached hydrogens (tertiary/aromatic N) is 3. The third kappa shape index (κ3) is 3.68. The Hall–Kier alpha value is -2.95. The Morgan fingerprint density at radius 2 is 2.08 bits per heavy atom. The summed E-state index contributed by atoms with van der Waals surface area (Å²) < 4.78 is 1.93. The van der Waals surface area contributed by atoms with Gasteiger partial charge in [-0.2, -0.15) is 0 Å². The molecule has 24 heavy (non-hydrogen) atoms. The second kappa shape index (κ2) is 7.08. The van der Waals surface area contributed by atoms with Crippen LogP contribution in [-0.4, -0.2) is 27.0 Å². The van der Waals surface area contributed by atoms with Crippen molar-refractivity contribution in [3.63, 3.8) is 0 Å². The van der Waals surface area contributed by atoms with Crippen molar-refractivity contribution in [2.75, 3.05) is 6.54 Å². The van der Waals surface area contributed by atoms with Crippen LogP contribution in [0.1, 0.15) is 22.5 Å². The van der Waals surface area contributed by atoms with Gasteiger partial charge in [0.15, 0.2) is 5.65 Å². The summed E-state index contributed by atoms with van der Waals surface area (Å²) in [5.41, 5.74) is 4.25. The van der Waals surface area contributed by atoms with Crippen molar-refractivity contribution in [2.45, 2.75) is 20.3 Å². The second-order valence-electron chi connectivity index (χ2n) is 5.78. The minimum atomic E-state index is -0.108. The molecule has 3 aromatic rings. The molecule has 0 unspecified atom stereocenters. The molecule has 122 valence electrons. The lowest BCUT2D eigenvalue weighted by molar-refractivity contribution is -0.116. The molecule has 2 aromatic heterocycles. The van der Waals surface area contributed by atoms with Gasteiger partial charge >= 0.3 is 0 Å². The van der Waals surface area contributed by atoms with Crippen LogP contribution >= 0.6 is 0 Å². The summed E-state index contributed by atoms with van der Waals surface area (Å²) in [7, 11) is 0. The zero-order chi connectivity index (χ0) is 16.9. The highest BCUT2D eigenvalue weighted by Gasteiger charge is 2.04. The van der Waals surface area contributed by atoms with Crippen LogP contribution in [0.2, 0.25) is 0 Å². The number of hydrogen-bond donors (Lipinski definition) is 1. The maximum atomic E-state index is 11.9. The number of amides is 1. The molecule has 1 amide bonds. The Balaban J connectivity index is 1.55. The average Bonchev–Trinajstić information content (AvgIpc) is 2.97. The summed E-state index contributed by atoms with van der Waals surface area (Å²) in [4.78, 5) is 11.9. The van der Waals surface area contributed by atoms with Gasteiger partial charge in [-0.25, -0.2) is 0 Å². The quantitative estimate of drug-likeness (QED) is 0.735. The van der Waals surface area contributed by atoms with Crippen molar-refractivity contribution in [3.8, 4) is 0 Å². The lowest BCUT2D eigenvalue weighted by Crippen LogP contribution is -2.24. The number of aryl methyl sites for hydroxylation is 2. The fraction of sp³-hybridized carbons (Fsp3) is 0.211. The van der Waals surface area contributed by atoms with E-state index in [1.165, 1.54) is 5.56 Å². The smallest absolute Gasteiger partial charge is 0.244 e. The van der Waals surface area contributed by atoms with Crippen molar-refractivity contribution in [1.29, 1.82) is 0 Å². The summed E-state index contributed by atoms with van der Waals surface area (Å²) >= 11 is 0. The number of nitrogens with one attached hydrogen (secondary N) is 1. The van der Waals surface area contributed by atoms with Gasteiger partial charge in [-0.3, -0.25) is 9.20 Å². The molecule has 0 saturated carbocycles. The van der Waals surface area contributed by atoms with E-state index >= 15 is 0 Å². The molecule has 0 aliphatic rings. The number of rotatable bonds is 5. The largest absolute Gasteiger partial charge is 0.352 e. The van der Waals surface area contributed by atoms with E-state index in [4.69, 9.17) is 0 Å². The first-order chi connectivity index (χ1) is 11.6. The molecule has 0 aliphatic heterocycles. The average molecular weight is 320 g/mol. The maximum Gasteiger partial charge on any atom is 0.244 e. The third-order valence-corrected chi connectivity index (χ3v) is 3.87. The molecule has 2 heterocycles. The molecule has 1 aromatic carbocycles. The first-order valence-electron chi connectivity index (χ1n) is 7.95. The van der Waals surface area contributed by atoms with Crippen LogP contribution in [0.25, 0.3) is 11.7 Å². The number of pyridine rings is 1. The minimum Gasteiger partial charge on any atom is -0.352 e. The second-order valence-corrected chi connectivity index (χ2v) is 5.78. The molecular formula is C19H20N4O. The van der Waals surface area contributed by atoms with Crippen LogP contribution in [-0.2, 0) is 11.2 Å². The van der Waals surface area contributed by atoms with Crippen LogP contribution in [0, 0.1) is 13.8 Å². The SMILES string of the molecule is Cc1ccc(/C=C\C(=O)NCCc2nnc3ccccn23)c(C)c1. The predicted octanol–water partition coefficient (Wildman–Crippen LogP) is 2.72. The molecule has 0 aliphatic carbocycles. The van der Waals surface area contributed by atoms with Crippen molar-refractivity contribution in [1.82, 2.24) is 19.9 Å². The number of benzene rings is 1.